The maximum Gasteiger partial charge on any atom is 0.408 e. The molecule has 2 N–H and O–H groups in total. The fourth-order valence-electron chi connectivity index (χ4n) is 3.36. The van der Waals surface area contributed by atoms with Gasteiger partial charge in [0, 0.05) is 45.8 Å². The number of rotatable bonds is 5. The molecule has 8 nitrogen and oxygen atoms in total. The van der Waals surface area contributed by atoms with Gasteiger partial charge in [-0.25, -0.2) is 4.79 Å². The highest BCUT2D eigenvalue weighted by atomic mass is 16.4. The van der Waals surface area contributed by atoms with Crippen molar-refractivity contribution in [1.29, 1.82) is 0 Å². The molecule has 0 radical (unpaired) electrons. The molecule has 0 spiro atoms. The monoisotopic (exact) mass is 341 g/mol. The molecule has 0 aromatic carbocycles. The number of amides is 3. The Labute approximate surface area is 142 Å². The molecular weight excluding hydrogens is 314 g/mol. The van der Waals surface area contributed by atoms with Crippen LogP contribution in [0.15, 0.2) is 0 Å². The fraction of sp³-hybridized carbons (Fsp3) is 0.812. The average Bonchev–Trinajstić information content (AvgIpc) is 2.58. The molecule has 2 fully saturated rings. The van der Waals surface area contributed by atoms with E-state index in [4.69, 9.17) is 10.2 Å². The van der Waals surface area contributed by atoms with E-state index in [-0.39, 0.29) is 18.4 Å². The predicted molar refractivity (Wildman–Crippen MR) is 86.4 cm³/mol. The minimum absolute atomic E-state index is 0.0936. The summed E-state index contributed by atoms with van der Waals surface area (Å²) in [5.41, 5.74) is 0. The molecule has 0 aromatic heterocycles. The molecule has 8 heteroatoms. The first-order valence-corrected chi connectivity index (χ1v) is 8.61. The highest BCUT2D eigenvalue weighted by molar-refractivity contribution is 5.86. The number of hydrogen-bond donors (Lipinski definition) is 2. The van der Waals surface area contributed by atoms with Crippen LogP contribution in [-0.2, 0) is 9.59 Å². The van der Waals surface area contributed by atoms with Crippen LogP contribution in [-0.4, -0.2) is 88.2 Å². The number of piperidine rings is 1. The molecule has 2 rings (SSSR count). The van der Waals surface area contributed by atoms with Gasteiger partial charge in [0.05, 0.1) is 0 Å². The summed E-state index contributed by atoms with van der Waals surface area (Å²) in [5, 5.41) is 18.2. The summed E-state index contributed by atoms with van der Waals surface area (Å²) in [6, 6.07) is -0.663. The number of carboxylic acid groups (broad SMARTS) is 1. The Balaban J connectivity index is 1.71. The van der Waals surface area contributed by atoms with Crippen molar-refractivity contribution < 1.29 is 24.6 Å². The largest absolute Gasteiger partial charge is 0.465 e. The zero-order valence-corrected chi connectivity index (χ0v) is 14.2. The smallest absolute Gasteiger partial charge is 0.408 e. The van der Waals surface area contributed by atoms with E-state index in [0.29, 0.717) is 51.5 Å². The van der Waals surface area contributed by atoms with E-state index in [9.17, 15) is 14.4 Å². The van der Waals surface area contributed by atoms with Crippen LogP contribution in [0.1, 0.15) is 32.6 Å². The number of hydrogen-bond acceptors (Lipinski definition) is 4. The van der Waals surface area contributed by atoms with Crippen molar-refractivity contribution >= 4 is 17.9 Å². The molecule has 2 saturated heterocycles. The van der Waals surface area contributed by atoms with Gasteiger partial charge in [-0.1, -0.05) is 0 Å². The third-order valence-corrected chi connectivity index (χ3v) is 5.04. The first kappa shape index (κ1) is 18.5. The number of aliphatic hydroxyl groups excluding tert-OH is 1. The molecule has 0 saturated carbocycles. The average molecular weight is 341 g/mol. The highest BCUT2D eigenvalue weighted by Gasteiger charge is 2.34. The molecule has 3 amide bonds. The number of likely N-dealkylation sites (tertiary alicyclic amines) is 1. The summed E-state index contributed by atoms with van der Waals surface area (Å²) in [7, 11) is 0. The number of carbonyl (C=O) groups excluding carboxylic acids is 2. The number of aliphatic hydroxyl groups is 1. The molecule has 0 aliphatic carbocycles. The predicted octanol–water partition coefficient (Wildman–Crippen LogP) is 0.208. The molecule has 1 atom stereocenters. The molecule has 2 aliphatic heterocycles. The van der Waals surface area contributed by atoms with Gasteiger partial charge in [-0.3, -0.25) is 14.5 Å². The van der Waals surface area contributed by atoms with E-state index in [1.54, 1.807) is 11.8 Å². The molecular formula is C16H27N3O5. The lowest BCUT2D eigenvalue weighted by molar-refractivity contribution is -0.140. The van der Waals surface area contributed by atoms with Crippen LogP contribution in [0.25, 0.3) is 0 Å². The summed E-state index contributed by atoms with van der Waals surface area (Å²) >= 11 is 0. The van der Waals surface area contributed by atoms with E-state index in [1.807, 2.05) is 4.90 Å². The molecule has 136 valence electrons. The van der Waals surface area contributed by atoms with Crippen molar-refractivity contribution in [2.75, 3.05) is 39.3 Å². The van der Waals surface area contributed by atoms with Crippen LogP contribution >= 0.6 is 0 Å². The van der Waals surface area contributed by atoms with Crippen molar-refractivity contribution in [2.24, 2.45) is 5.92 Å². The number of piperazine rings is 1. The van der Waals surface area contributed by atoms with Crippen LogP contribution in [0.2, 0.25) is 0 Å². The van der Waals surface area contributed by atoms with Gasteiger partial charge in [-0.2, -0.15) is 0 Å². The Morgan fingerprint density at radius 2 is 1.83 bits per heavy atom. The summed E-state index contributed by atoms with van der Waals surface area (Å²) in [6.07, 6.45) is 1.59. The standard InChI is InChI=1S/C16H27N3O5/c1-12-15(22)18(9-10-19(12)16(23)24)6-2-3-14(21)17-7-4-13(11-20)5-8-17/h12-13,20H,2-11H2,1H3,(H,23,24). The Hall–Kier alpha value is -1.83. The van der Waals surface area contributed by atoms with Crippen molar-refractivity contribution in [3.8, 4) is 0 Å². The van der Waals surface area contributed by atoms with Crippen LogP contribution in [0.4, 0.5) is 4.79 Å². The van der Waals surface area contributed by atoms with Gasteiger partial charge in [0.15, 0.2) is 0 Å². The Morgan fingerprint density at radius 3 is 2.42 bits per heavy atom. The zero-order valence-electron chi connectivity index (χ0n) is 14.2. The van der Waals surface area contributed by atoms with Crippen LogP contribution < -0.4 is 0 Å². The molecule has 0 bridgehead atoms. The third-order valence-electron chi connectivity index (χ3n) is 5.04. The lowest BCUT2D eigenvalue weighted by atomic mass is 9.97. The van der Waals surface area contributed by atoms with E-state index in [1.165, 1.54) is 0 Å². The summed E-state index contributed by atoms with van der Waals surface area (Å²) in [4.78, 5) is 40.0. The molecule has 24 heavy (non-hydrogen) atoms. The quantitative estimate of drug-likeness (QED) is 0.744. The second kappa shape index (κ2) is 8.32. The topological polar surface area (TPSA) is 101 Å². The molecule has 2 aliphatic rings. The summed E-state index contributed by atoms with van der Waals surface area (Å²) in [5.74, 6) is 0.203. The van der Waals surface area contributed by atoms with Gasteiger partial charge < -0.3 is 20.0 Å². The minimum atomic E-state index is -1.07. The first-order chi connectivity index (χ1) is 11.4. The van der Waals surface area contributed by atoms with Gasteiger partial charge >= 0.3 is 6.09 Å². The number of carbonyl (C=O) groups is 3. The third kappa shape index (κ3) is 4.37. The lowest BCUT2D eigenvalue weighted by Gasteiger charge is -2.37. The minimum Gasteiger partial charge on any atom is -0.465 e. The fourth-order valence-corrected chi connectivity index (χ4v) is 3.36. The van der Waals surface area contributed by atoms with E-state index < -0.39 is 12.1 Å². The van der Waals surface area contributed by atoms with Crippen LogP contribution in [0.5, 0.6) is 0 Å². The Bertz CT molecular complexity index is 476. The SMILES string of the molecule is CC1C(=O)N(CCCC(=O)N2CCC(CO)CC2)CCN1C(=O)O. The Morgan fingerprint density at radius 1 is 1.17 bits per heavy atom. The number of nitrogens with zero attached hydrogens (tertiary/aromatic N) is 3. The van der Waals surface area contributed by atoms with Crippen LogP contribution in [0.3, 0.4) is 0 Å². The first-order valence-electron chi connectivity index (χ1n) is 8.61. The highest BCUT2D eigenvalue weighted by Crippen LogP contribution is 2.18. The zero-order chi connectivity index (χ0) is 17.7. The van der Waals surface area contributed by atoms with Crippen molar-refractivity contribution in [3.63, 3.8) is 0 Å². The maximum absolute atomic E-state index is 12.2. The second-order valence-electron chi connectivity index (χ2n) is 6.59. The van der Waals surface area contributed by atoms with Gasteiger partial charge in [0.25, 0.3) is 0 Å². The summed E-state index contributed by atoms with van der Waals surface area (Å²) < 4.78 is 0. The van der Waals surface area contributed by atoms with Crippen molar-refractivity contribution in [1.82, 2.24) is 14.7 Å². The molecule has 1 unspecified atom stereocenters. The van der Waals surface area contributed by atoms with Gasteiger partial charge in [0.2, 0.25) is 11.8 Å². The van der Waals surface area contributed by atoms with Gasteiger partial charge in [-0.05, 0) is 32.1 Å². The van der Waals surface area contributed by atoms with Crippen molar-refractivity contribution in [3.05, 3.63) is 0 Å². The van der Waals surface area contributed by atoms with E-state index in [0.717, 1.165) is 17.7 Å². The lowest BCUT2D eigenvalue weighted by Crippen LogP contribution is -2.57. The molecule has 2 heterocycles. The normalized spacial score (nSPS) is 22.8. The van der Waals surface area contributed by atoms with Gasteiger partial charge in [0.1, 0.15) is 6.04 Å². The van der Waals surface area contributed by atoms with Gasteiger partial charge in [-0.15, -0.1) is 0 Å². The molecule has 0 aromatic rings. The second-order valence-corrected chi connectivity index (χ2v) is 6.59. The maximum atomic E-state index is 12.2. The summed E-state index contributed by atoms with van der Waals surface area (Å²) in [6.45, 7) is 4.34. The van der Waals surface area contributed by atoms with E-state index >= 15 is 0 Å². The van der Waals surface area contributed by atoms with Crippen molar-refractivity contribution in [2.45, 2.75) is 38.6 Å². The Kier molecular flexibility index (Phi) is 6.42. The van der Waals surface area contributed by atoms with Crippen LogP contribution in [0, 0.1) is 5.92 Å². The van der Waals surface area contributed by atoms with E-state index in [2.05, 4.69) is 0 Å².